The Kier molecular flexibility index (Phi) is 5.31. The third-order valence-electron chi connectivity index (χ3n) is 2.63. The average molecular weight is 271 g/mol. The van der Waals surface area contributed by atoms with Gasteiger partial charge in [0.2, 0.25) is 10.0 Å². The molecule has 0 amide bonds. The van der Waals surface area contributed by atoms with E-state index in [1.807, 2.05) is 20.8 Å². The Bertz CT molecular complexity index is 466. The lowest BCUT2D eigenvalue weighted by Gasteiger charge is -2.18. The number of aliphatic hydroxyl groups is 1. The van der Waals surface area contributed by atoms with Crippen molar-refractivity contribution in [1.29, 1.82) is 0 Å². The van der Waals surface area contributed by atoms with Gasteiger partial charge < -0.3 is 5.11 Å². The topological polar surface area (TPSA) is 66.4 Å². The summed E-state index contributed by atoms with van der Waals surface area (Å²) in [6.45, 7) is 5.69. The normalized spacial score (nSPS) is 13.8. The first-order chi connectivity index (χ1) is 8.35. The second-order valence-electron chi connectivity index (χ2n) is 4.94. The molecule has 1 atom stereocenters. The van der Waals surface area contributed by atoms with Gasteiger partial charge in [-0.15, -0.1) is 0 Å². The van der Waals surface area contributed by atoms with Crippen molar-refractivity contribution in [3.05, 3.63) is 29.8 Å². The summed E-state index contributed by atoms with van der Waals surface area (Å²) in [6, 6.07) is 6.22. The van der Waals surface area contributed by atoms with Gasteiger partial charge in [-0.3, -0.25) is 0 Å². The molecule has 0 aliphatic rings. The summed E-state index contributed by atoms with van der Waals surface area (Å²) in [4.78, 5) is 0.232. The van der Waals surface area contributed by atoms with Crippen molar-refractivity contribution in [2.45, 2.75) is 38.1 Å². The van der Waals surface area contributed by atoms with E-state index in [4.69, 9.17) is 0 Å². The fourth-order valence-electron chi connectivity index (χ4n) is 1.73. The molecule has 0 saturated heterocycles. The van der Waals surface area contributed by atoms with Gasteiger partial charge >= 0.3 is 0 Å². The molecule has 0 spiro atoms. The SMILES string of the molecule is Cc1ccc(S(=O)(=O)NC(CO)CC(C)C)cc1. The van der Waals surface area contributed by atoms with Crippen LogP contribution in [0.15, 0.2) is 29.2 Å². The van der Waals surface area contributed by atoms with Crippen LogP contribution in [-0.4, -0.2) is 26.2 Å². The number of rotatable bonds is 6. The van der Waals surface area contributed by atoms with E-state index in [-0.39, 0.29) is 11.5 Å². The van der Waals surface area contributed by atoms with Crippen molar-refractivity contribution in [2.75, 3.05) is 6.61 Å². The van der Waals surface area contributed by atoms with Crippen molar-refractivity contribution in [1.82, 2.24) is 4.72 Å². The van der Waals surface area contributed by atoms with Crippen LogP contribution >= 0.6 is 0 Å². The number of aliphatic hydroxyl groups excluding tert-OH is 1. The van der Waals surface area contributed by atoms with E-state index in [9.17, 15) is 13.5 Å². The maximum absolute atomic E-state index is 12.1. The Morgan fingerprint density at radius 1 is 1.22 bits per heavy atom. The van der Waals surface area contributed by atoms with Gasteiger partial charge in [0.15, 0.2) is 0 Å². The first-order valence-electron chi connectivity index (χ1n) is 6.05. The maximum atomic E-state index is 12.1. The molecule has 0 heterocycles. The summed E-state index contributed by atoms with van der Waals surface area (Å²) in [5, 5.41) is 9.20. The van der Waals surface area contributed by atoms with E-state index in [0.29, 0.717) is 12.3 Å². The van der Waals surface area contributed by atoms with Crippen molar-refractivity contribution in [3.63, 3.8) is 0 Å². The lowest BCUT2D eigenvalue weighted by Crippen LogP contribution is -2.38. The molecule has 0 radical (unpaired) electrons. The second kappa shape index (κ2) is 6.31. The van der Waals surface area contributed by atoms with Crippen LogP contribution in [-0.2, 0) is 10.0 Å². The summed E-state index contributed by atoms with van der Waals surface area (Å²) in [5.41, 5.74) is 1.01. The summed E-state index contributed by atoms with van der Waals surface area (Å²) < 4.78 is 26.7. The van der Waals surface area contributed by atoms with Crippen molar-refractivity contribution in [2.24, 2.45) is 5.92 Å². The largest absolute Gasteiger partial charge is 0.395 e. The molecule has 0 aliphatic heterocycles. The van der Waals surface area contributed by atoms with Gasteiger partial charge in [-0.25, -0.2) is 13.1 Å². The number of hydrogen-bond donors (Lipinski definition) is 2. The predicted octanol–water partition coefficient (Wildman–Crippen LogP) is 1.68. The highest BCUT2D eigenvalue weighted by Gasteiger charge is 2.20. The lowest BCUT2D eigenvalue weighted by atomic mass is 10.1. The number of benzene rings is 1. The van der Waals surface area contributed by atoms with Crippen LogP contribution in [0.3, 0.4) is 0 Å². The van der Waals surface area contributed by atoms with Crippen molar-refractivity contribution >= 4 is 10.0 Å². The number of aryl methyl sites for hydroxylation is 1. The van der Waals surface area contributed by atoms with Crippen LogP contribution in [0.5, 0.6) is 0 Å². The lowest BCUT2D eigenvalue weighted by molar-refractivity contribution is 0.240. The molecule has 1 rings (SSSR count). The molecule has 18 heavy (non-hydrogen) atoms. The zero-order valence-electron chi connectivity index (χ0n) is 11.1. The number of hydrogen-bond acceptors (Lipinski definition) is 3. The summed E-state index contributed by atoms with van der Waals surface area (Å²) in [5.74, 6) is 0.322. The molecule has 0 aliphatic carbocycles. The molecule has 102 valence electrons. The molecular weight excluding hydrogens is 250 g/mol. The smallest absolute Gasteiger partial charge is 0.240 e. The number of nitrogens with one attached hydrogen (secondary N) is 1. The Hall–Kier alpha value is -0.910. The minimum atomic E-state index is -3.54. The van der Waals surface area contributed by atoms with Gasteiger partial charge in [-0.2, -0.15) is 0 Å². The van der Waals surface area contributed by atoms with Crippen LogP contribution in [0.1, 0.15) is 25.8 Å². The first kappa shape index (κ1) is 15.1. The molecule has 0 fully saturated rings. The predicted molar refractivity (Wildman–Crippen MR) is 71.8 cm³/mol. The standard InChI is InChI=1S/C13H21NO3S/c1-10(2)8-12(9-15)14-18(16,17)13-6-4-11(3)5-7-13/h4-7,10,12,14-15H,8-9H2,1-3H3. The maximum Gasteiger partial charge on any atom is 0.240 e. The fourth-order valence-corrected chi connectivity index (χ4v) is 2.97. The number of sulfonamides is 1. The zero-order chi connectivity index (χ0) is 13.8. The molecule has 4 nitrogen and oxygen atoms in total. The molecule has 0 aromatic heterocycles. The molecule has 1 unspecified atom stereocenters. The second-order valence-corrected chi connectivity index (χ2v) is 6.66. The zero-order valence-corrected chi connectivity index (χ0v) is 11.9. The van der Waals surface area contributed by atoms with Crippen LogP contribution in [0.4, 0.5) is 0 Å². The Labute approximate surface area is 109 Å². The molecule has 0 saturated carbocycles. The molecule has 1 aromatic rings. The summed E-state index contributed by atoms with van der Waals surface area (Å²) >= 11 is 0. The molecular formula is C13H21NO3S. The summed E-state index contributed by atoms with van der Waals surface area (Å²) in [7, 11) is -3.54. The Morgan fingerprint density at radius 2 is 1.78 bits per heavy atom. The molecule has 5 heteroatoms. The van der Waals surface area contributed by atoms with Crippen LogP contribution in [0.25, 0.3) is 0 Å². The van der Waals surface area contributed by atoms with Crippen LogP contribution in [0.2, 0.25) is 0 Å². The minimum Gasteiger partial charge on any atom is -0.395 e. The highest BCUT2D eigenvalue weighted by molar-refractivity contribution is 7.89. The van der Waals surface area contributed by atoms with E-state index in [2.05, 4.69) is 4.72 Å². The van der Waals surface area contributed by atoms with Gasteiger partial charge in [-0.1, -0.05) is 31.5 Å². The highest BCUT2D eigenvalue weighted by atomic mass is 32.2. The molecule has 2 N–H and O–H groups in total. The molecule has 0 bridgehead atoms. The third kappa shape index (κ3) is 4.40. The fraction of sp³-hybridized carbons (Fsp3) is 0.538. The first-order valence-corrected chi connectivity index (χ1v) is 7.53. The quantitative estimate of drug-likeness (QED) is 0.827. The van der Waals surface area contributed by atoms with Crippen molar-refractivity contribution in [3.8, 4) is 0 Å². The van der Waals surface area contributed by atoms with E-state index in [1.165, 1.54) is 0 Å². The van der Waals surface area contributed by atoms with Gasteiger partial charge in [0.25, 0.3) is 0 Å². The minimum absolute atomic E-state index is 0.191. The third-order valence-corrected chi connectivity index (χ3v) is 4.17. The monoisotopic (exact) mass is 271 g/mol. The van der Waals surface area contributed by atoms with E-state index < -0.39 is 16.1 Å². The van der Waals surface area contributed by atoms with Gasteiger partial charge in [0.1, 0.15) is 0 Å². The van der Waals surface area contributed by atoms with Crippen molar-refractivity contribution < 1.29 is 13.5 Å². The summed E-state index contributed by atoms with van der Waals surface area (Å²) in [6.07, 6.45) is 0.613. The average Bonchev–Trinajstić information content (AvgIpc) is 2.27. The van der Waals surface area contributed by atoms with E-state index in [0.717, 1.165) is 5.56 Å². The Morgan fingerprint density at radius 3 is 2.22 bits per heavy atom. The highest BCUT2D eigenvalue weighted by Crippen LogP contribution is 2.12. The van der Waals surface area contributed by atoms with Crippen LogP contribution in [0, 0.1) is 12.8 Å². The van der Waals surface area contributed by atoms with E-state index in [1.54, 1.807) is 24.3 Å². The van der Waals surface area contributed by atoms with Crippen LogP contribution < -0.4 is 4.72 Å². The molecule has 1 aromatic carbocycles. The van der Waals surface area contributed by atoms with Gasteiger partial charge in [0, 0.05) is 6.04 Å². The van der Waals surface area contributed by atoms with Gasteiger partial charge in [-0.05, 0) is 31.4 Å². The van der Waals surface area contributed by atoms with E-state index >= 15 is 0 Å². The van der Waals surface area contributed by atoms with Gasteiger partial charge in [0.05, 0.1) is 11.5 Å². The Balaban J connectivity index is 2.83.